The molecule has 1 aromatic heterocycles. The Hall–Kier alpha value is -5.62. The molecule has 0 bridgehead atoms. The second-order valence-corrected chi connectivity index (χ2v) is 12.0. The highest BCUT2D eigenvalue weighted by molar-refractivity contribution is 7.92. The number of furan rings is 1. The largest absolute Gasteiger partial charge is 0.497 e. The molecular formula is C35H32FN3O7S. The van der Waals surface area contributed by atoms with Crippen LogP contribution in [-0.4, -0.2) is 38.8 Å². The molecule has 0 spiro atoms. The van der Waals surface area contributed by atoms with E-state index in [1.165, 1.54) is 47.6 Å². The number of rotatable bonds is 14. The fourth-order valence-electron chi connectivity index (χ4n) is 4.72. The molecule has 0 radical (unpaired) electrons. The molecule has 10 nitrogen and oxygen atoms in total. The molecule has 1 atom stereocenters. The predicted molar refractivity (Wildman–Crippen MR) is 172 cm³/mol. The number of hydrogen-bond acceptors (Lipinski definition) is 7. The molecule has 0 saturated heterocycles. The van der Waals surface area contributed by atoms with Gasteiger partial charge in [-0.3, -0.25) is 14.3 Å². The molecule has 0 aliphatic carbocycles. The van der Waals surface area contributed by atoms with Gasteiger partial charge in [0.1, 0.15) is 29.1 Å². The zero-order valence-corrected chi connectivity index (χ0v) is 26.2. The standard InChI is InChI=1S/C35H32FN3O7S/c1-44-29-15-9-25(10-16-29)23-39(34(26-6-3-2-4-7-26)35(41)37-22-31-8-5-21-45-31)33(40)24-46-30-17-19-32(20-18-30)47(42,43)38-28-13-11-27(36)12-14-28/h2-21,34,38H,22-24H2,1H3,(H,37,41). The molecule has 0 aliphatic rings. The van der Waals surface area contributed by atoms with E-state index >= 15 is 0 Å². The second-order valence-electron chi connectivity index (χ2n) is 10.4. The van der Waals surface area contributed by atoms with Crippen LogP contribution in [-0.2, 0) is 32.7 Å². The topological polar surface area (TPSA) is 127 Å². The van der Waals surface area contributed by atoms with Gasteiger partial charge in [0.05, 0.1) is 24.8 Å². The van der Waals surface area contributed by atoms with Crippen molar-refractivity contribution in [1.82, 2.24) is 10.2 Å². The number of sulfonamides is 1. The molecular weight excluding hydrogens is 625 g/mol. The maximum absolute atomic E-state index is 13.9. The van der Waals surface area contributed by atoms with Crippen LogP contribution < -0.4 is 19.5 Å². The Kier molecular flexibility index (Phi) is 10.5. The van der Waals surface area contributed by atoms with Crippen molar-refractivity contribution in [3.63, 3.8) is 0 Å². The Morgan fingerprint density at radius 1 is 0.851 bits per heavy atom. The predicted octanol–water partition coefficient (Wildman–Crippen LogP) is 5.69. The monoisotopic (exact) mass is 657 g/mol. The number of ether oxygens (including phenoxy) is 2. The summed E-state index contributed by atoms with van der Waals surface area (Å²) in [4.78, 5) is 29.0. The molecule has 1 unspecified atom stereocenters. The van der Waals surface area contributed by atoms with Crippen molar-refractivity contribution in [2.45, 2.75) is 24.0 Å². The Balaban J connectivity index is 1.35. The van der Waals surface area contributed by atoms with Crippen LogP contribution in [0.15, 0.2) is 131 Å². The second kappa shape index (κ2) is 15.1. The maximum atomic E-state index is 13.9. The zero-order valence-electron chi connectivity index (χ0n) is 25.3. The summed E-state index contributed by atoms with van der Waals surface area (Å²) >= 11 is 0. The van der Waals surface area contributed by atoms with Gasteiger partial charge in [0.2, 0.25) is 5.91 Å². The number of amides is 2. The highest BCUT2D eigenvalue weighted by atomic mass is 32.2. The van der Waals surface area contributed by atoms with Gasteiger partial charge in [-0.15, -0.1) is 0 Å². The van der Waals surface area contributed by atoms with Crippen molar-refractivity contribution in [3.05, 3.63) is 144 Å². The third-order valence-corrected chi connectivity index (χ3v) is 8.51. The normalized spacial score (nSPS) is 11.7. The van der Waals surface area contributed by atoms with Crippen LogP contribution in [0.3, 0.4) is 0 Å². The molecule has 1 heterocycles. The highest BCUT2D eigenvalue weighted by Crippen LogP contribution is 2.26. The van der Waals surface area contributed by atoms with Gasteiger partial charge in [-0.1, -0.05) is 42.5 Å². The third-order valence-electron chi connectivity index (χ3n) is 7.12. The summed E-state index contributed by atoms with van der Waals surface area (Å²) in [7, 11) is -2.41. The first-order valence-electron chi connectivity index (χ1n) is 14.5. The number of methoxy groups -OCH3 is 1. The van der Waals surface area contributed by atoms with E-state index in [2.05, 4.69) is 10.0 Å². The van der Waals surface area contributed by atoms with Gasteiger partial charge >= 0.3 is 0 Å². The Labute approximate surface area is 271 Å². The van der Waals surface area contributed by atoms with E-state index in [1.54, 1.807) is 55.6 Å². The van der Waals surface area contributed by atoms with E-state index in [4.69, 9.17) is 13.9 Å². The van der Waals surface area contributed by atoms with Crippen LogP contribution in [0.5, 0.6) is 11.5 Å². The van der Waals surface area contributed by atoms with E-state index in [0.717, 1.165) is 17.7 Å². The summed E-state index contributed by atoms with van der Waals surface area (Å²) in [5, 5.41) is 2.87. The summed E-state index contributed by atoms with van der Waals surface area (Å²) in [6.45, 7) is -0.238. The number of anilines is 1. The van der Waals surface area contributed by atoms with Crippen molar-refractivity contribution in [1.29, 1.82) is 0 Å². The van der Waals surface area contributed by atoms with E-state index in [1.807, 2.05) is 18.2 Å². The minimum Gasteiger partial charge on any atom is -0.497 e. The summed E-state index contributed by atoms with van der Waals surface area (Å²) < 4.78 is 57.6. The van der Waals surface area contributed by atoms with Crippen molar-refractivity contribution >= 4 is 27.5 Å². The first-order valence-corrected chi connectivity index (χ1v) is 16.0. The molecule has 0 saturated carbocycles. The number of carbonyl (C=O) groups is 2. The van der Waals surface area contributed by atoms with E-state index in [9.17, 15) is 22.4 Å². The average Bonchev–Trinajstić information content (AvgIpc) is 3.62. The Morgan fingerprint density at radius 3 is 2.17 bits per heavy atom. The smallest absolute Gasteiger partial charge is 0.261 e. The molecule has 0 aliphatic heterocycles. The van der Waals surface area contributed by atoms with Gasteiger partial charge in [-0.05, 0) is 83.9 Å². The lowest BCUT2D eigenvalue weighted by Crippen LogP contribution is -2.45. The van der Waals surface area contributed by atoms with Gasteiger partial charge in [0.15, 0.2) is 6.61 Å². The maximum Gasteiger partial charge on any atom is 0.261 e. The van der Waals surface area contributed by atoms with Crippen LogP contribution in [0.2, 0.25) is 0 Å². The molecule has 2 amide bonds. The van der Waals surface area contributed by atoms with Gasteiger partial charge in [0.25, 0.3) is 15.9 Å². The molecule has 47 heavy (non-hydrogen) atoms. The Morgan fingerprint density at radius 2 is 1.53 bits per heavy atom. The first kappa shape index (κ1) is 32.8. The van der Waals surface area contributed by atoms with E-state index in [0.29, 0.717) is 17.1 Å². The molecule has 12 heteroatoms. The van der Waals surface area contributed by atoms with Crippen molar-refractivity contribution < 1.29 is 36.3 Å². The SMILES string of the molecule is COc1ccc(CN(C(=O)COc2ccc(S(=O)(=O)Nc3ccc(F)cc3)cc2)C(C(=O)NCc2ccco2)c2ccccc2)cc1. The minimum absolute atomic E-state index is 0.0565. The van der Waals surface area contributed by atoms with Crippen LogP contribution in [0.4, 0.5) is 10.1 Å². The zero-order chi connectivity index (χ0) is 33.2. The van der Waals surface area contributed by atoms with Gasteiger partial charge in [-0.25, -0.2) is 12.8 Å². The number of halogens is 1. The fourth-order valence-corrected chi connectivity index (χ4v) is 5.78. The fraction of sp³-hybridized carbons (Fsp3) is 0.143. The van der Waals surface area contributed by atoms with E-state index < -0.39 is 40.3 Å². The lowest BCUT2D eigenvalue weighted by atomic mass is 10.0. The Bertz CT molecular complexity index is 1870. The number of nitrogens with one attached hydrogen (secondary N) is 2. The lowest BCUT2D eigenvalue weighted by molar-refractivity contribution is -0.143. The van der Waals surface area contributed by atoms with Gasteiger partial charge in [0, 0.05) is 12.2 Å². The molecule has 4 aromatic carbocycles. The number of nitrogens with zero attached hydrogens (tertiary/aromatic N) is 1. The van der Waals surface area contributed by atoms with Gasteiger partial charge < -0.3 is 24.1 Å². The van der Waals surface area contributed by atoms with Gasteiger partial charge in [-0.2, -0.15) is 0 Å². The molecule has 2 N–H and O–H groups in total. The van der Waals surface area contributed by atoms with Crippen LogP contribution in [0, 0.1) is 5.82 Å². The quantitative estimate of drug-likeness (QED) is 0.157. The minimum atomic E-state index is -3.96. The molecule has 5 aromatic rings. The number of hydrogen-bond donors (Lipinski definition) is 2. The highest BCUT2D eigenvalue weighted by Gasteiger charge is 2.32. The van der Waals surface area contributed by atoms with Crippen LogP contribution >= 0.6 is 0 Å². The van der Waals surface area contributed by atoms with Crippen LogP contribution in [0.25, 0.3) is 0 Å². The van der Waals surface area contributed by atoms with Crippen LogP contribution in [0.1, 0.15) is 22.9 Å². The average molecular weight is 658 g/mol. The number of carbonyl (C=O) groups excluding carboxylic acids is 2. The molecule has 0 fully saturated rings. The summed E-state index contributed by atoms with van der Waals surface area (Å²) in [6.07, 6.45) is 1.51. The van der Waals surface area contributed by atoms with Crippen molar-refractivity contribution in [2.75, 3.05) is 18.4 Å². The summed E-state index contributed by atoms with van der Waals surface area (Å²) in [5.74, 6) is 0.0391. The first-order chi connectivity index (χ1) is 22.7. The third kappa shape index (κ3) is 8.76. The lowest BCUT2D eigenvalue weighted by Gasteiger charge is -2.31. The van der Waals surface area contributed by atoms with E-state index in [-0.39, 0.29) is 29.4 Å². The molecule has 5 rings (SSSR count). The summed E-state index contributed by atoms with van der Waals surface area (Å²) in [6, 6.07) is 28.9. The molecule has 242 valence electrons. The number of benzene rings is 4. The van der Waals surface area contributed by atoms with Crippen molar-refractivity contribution in [3.8, 4) is 11.5 Å². The summed E-state index contributed by atoms with van der Waals surface area (Å²) in [5.41, 5.74) is 1.55. The van der Waals surface area contributed by atoms with Crippen molar-refractivity contribution in [2.24, 2.45) is 0 Å².